The van der Waals surface area contributed by atoms with Gasteiger partial charge in [-0.25, -0.2) is 0 Å². The van der Waals surface area contributed by atoms with Crippen LogP contribution in [0.4, 0.5) is 10.7 Å². The van der Waals surface area contributed by atoms with Crippen molar-refractivity contribution in [3.63, 3.8) is 0 Å². The Morgan fingerprint density at radius 1 is 1.45 bits per heavy atom. The zero-order valence-corrected chi connectivity index (χ0v) is 12.4. The summed E-state index contributed by atoms with van der Waals surface area (Å²) in [5, 5.41) is 21.7. The first-order valence-corrected chi connectivity index (χ1v) is 8.12. The van der Waals surface area contributed by atoms with Crippen molar-refractivity contribution in [1.29, 1.82) is 0 Å². The molecule has 1 aromatic rings. The van der Waals surface area contributed by atoms with Crippen LogP contribution in [-0.4, -0.2) is 22.6 Å². The lowest BCUT2D eigenvalue weighted by atomic mass is 9.92. The van der Waals surface area contributed by atoms with Crippen LogP contribution >= 0.6 is 11.3 Å². The van der Waals surface area contributed by atoms with Gasteiger partial charge < -0.3 is 10.0 Å². The highest BCUT2D eigenvalue weighted by Crippen LogP contribution is 2.46. The molecule has 3 atom stereocenters. The van der Waals surface area contributed by atoms with Crippen LogP contribution < -0.4 is 4.90 Å². The molecule has 2 fully saturated rings. The molecule has 0 aromatic carbocycles. The van der Waals surface area contributed by atoms with E-state index in [1.165, 1.54) is 30.6 Å². The predicted octanol–water partition coefficient (Wildman–Crippen LogP) is 3.48. The van der Waals surface area contributed by atoms with Gasteiger partial charge in [-0.2, -0.15) is 0 Å². The molecule has 2 unspecified atom stereocenters. The van der Waals surface area contributed by atoms with E-state index in [-0.39, 0.29) is 10.6 Å². The monoisotopic (exact) mass is 296 g/mol. The van der Waals surface area contributed by atoms with E-state index in [4.69, 9.17) is 0 Å². The molecule has 0 spiro atoms. The summed E-state index contributed by atoms with van der Waals surface area (Å²) >= 11 is 1.39. The van der Waals surface area contributed by atoms with E-state index < -0.39 is 6.10 Å². The maximum Gasteiger partial charge on any atom is 0.304 e. The number of nitro groups is 1. The third-order valence-electron chi connectivity index (χ3n) is 4.58. The number of aliphatic hydroxyl groups excluding tert-OH is 1. The molecule has 1 aliphatic heterocycles. The molecule has 110 valence electrons. The molecule has 1 saturated carbocycles. The molecule has 1 aliphatic carbocycles. The summed E-state index contributed by atoms with van der Waals surface area (Å²) in [6.45, 7) is 2.57. The number of hydrogen-bond acceptors (Lipinski definition) is 5. The van der Waals surface area contributed by atoms with Gasteiger partial charge in [-0.3, -0.25) is 10.1 Å². The fourth-order valence-corrected chi connectivity index (χ4v) is 4.78. The van der Waals surface area contributed by atoms with Crippen molar-refractivity contribution in [3.8, 4) is 0 Å². The minimum absolute atomic E-state index is 0.165. The maximum atomic E-state index is 11.3. The van der Waals surface area contributed by atoms with Crippen molar-refractivity contribution in [1.82, 2.24) is 0 Å². The van der Waals surface area contributed by atoms with Gasteiger partial charge in [0.2, 0.25) is 0 Å². The Kier molecular flexibility index (Phi) is 3.69. The van der Waals surface area contributed by atoms with Gasteiger partial charge in [-0.05, 0) is 38.5 Å². The molecule has 20 heavy (non-hydrogen) atoms. The zero-order chi connectivity index (χ0) is 14.3. The smallest absolute Gasteiger partial charge is 0.304 e. The lowest BCUT2D eigenvalue weighted by Gasteiger charge is -2.38. The molecular formula is C14H20N2O3S. The number of rotatable bonds is 3. The Balaban J connectivity index is 1.97. The van der Waals surface area contributed by atoms with Gasteiger partial charge >= 0.3 is 5.69 Å². The van der Waals surface area contributed by atoms with Crippen molar-refractivity contribution >= 4 is 22.0 Å². The van der Waals surface area contributed by atoms with Gasteiger partial charge in [0.05, 0.1) is 11.0 Å². The van der Waals surface area contributed by atoms with Crippen molar-refractivity contribution in [2.45, 2.75) is 51.2 Å². The van der Waals surface area contributed by atoms with Crippen LogP contribution in [0.15, 0.2) is 6.07 Å². The highest BCUT2D eigenvalue weighted by molar-refractivity contribution is 7.16. The molecular weight excluding hydrogens is 276 g/mol. The number of nitrogens with zero attached hydrogens (tertiary/aromatic N) is 2. The second-order valence-corrected chi connectivity index (χ2v) is 6.93. The van der Waals surface area contributed by atoms with E-state index in [1.807, 2.05) is 0 Å². The largest absolute Gasteiger partial charge is 0.388 e. The molecule has 1 saturated heterocycles. The average Bonchev–Trinajstić information content (AvgIpc) is 3.04. The van der Waals surface area contributed by atoms with E-state index >= 15 is 0 Å². The summed E-state index contributed by atoms with van der Waals surface area (Å²) < 4.78 is 0. The summed E-state index contributed by atoms with van der Waals surface area (Å²) in [4.78, 5) is 13.9. The fourth-order valence-electron chi connectivity index (χ4n) is 3.64. The molecule has 1 aromatic heterocycles. The predicted molar refractivity (Wildman–Crippen MR) is 79.3 cm³/mol. The van der Waals surface area contributed by atoms with Gasteiger partial charge in [-0.15, -0.1) is 11.3 Å². The first-order valence-electron chi connectivity index (χ1n) is 7.30. The lowest BCUT2D eigenvalue weighted by molar-refractivity contribution is -0.383. The summed E-state index contributed by atoms with van der Waals surface area (Å²) in [6.07, 6.45) is 5.35. The lowest BCUT2D eigenvalue weighted by Crippen LogP contribution is -2.42. The minimum Gasteiger partial charge on any atom is -0.388 e. The molecule has 3 rings (SSSR count). The SMILES string of the molecule is C[C@H](O)c1cc([N+](=O)[O-])c(N2CCCC3CCCC32)s1. The minimum atomic E-state index is -0.642. The second kappa shape index (κ2) is 5.33. The Bertz CT molecular complexity index is 515. The normalized spacial score (nSPS) is 27.4. The number of anilines is 1. The van der Waals surface area contributed by atoms with Gasteiger partial charge in [0.15, 0.2) is 5.00 Å². The van der Waals surface area contributed by atoms with E-state index in [0.29, 0.717) is 16.8 Å². The Hall–Kier alpha value is -1.14. The maximum absolute atomic E-state index is 11.3. The zero-order valence-electron chi connectivity index (χ0n) is 11.6. The van der Waals surface area contributed by atoms with Crippen molar-refractivity contribution in [3.05, 3.63) is 21.1 Å². The summed E-state index contributed by atoms with van der Waals surface area (Å²) in [7, 11) is 0. The number of aliphatic hydroxyl groups is 1. The summed E-state index contributed by atoms with van der Waals surface area (Å²) in [6, 6.07) is 2.01. The summed E-state index contributed by atoms with van der Waals surface area (Å²) in [5.74, 6) is 0.695. The molecule has 0 radical (unpaired) electrons. The molecule has 5 nitrogen and oxygen atoms in total. The Morgan fingerprint density at radius 2 is 2.20 bits per heavy atom. The van der Waals surface area contributed by atoms with E-state index in [1.54, 1.807) is 13.0 Å². The quantitative estimate of drug-likeness (QED) is 0.685. The van der Waals surface area contributed by atoms with E-state index in [0.717, 1.165) is 24.4 Å². The van der Waals surface area contributed by atoms with Crippen molar-refractivity contribution < 1.29 is 10.0 Å². The van der Waals surface area contributed by atoms with Crippen LogP contribution in [0.1, 0.15) is 50.0 Å². The fraction of sp³-hybridized carbons (Fsp3) is 0.714. The van der Waals surface area contributed by atoms with Crippen molar-refractivity contribution in [2.75, 3.05) is 11.4 Å². The third kappa shape index (κ3) is 2.31. The number of hydrogen-bond donors (Lipinski definition) is 1. The highest BCUT2D eigenvalue weighted by atomic mass is 32.1. The number of fused-ring (bicyclic) bond motifs is 1. The second-order valence-electron chi connectivity index (χ2n) is 5.87. The highest BCUT2D eigenvalue weighted by Gasteiger charge is 2.38. The standard InChI is InChI=1S/C14H20N2O3S/c1-9(17)13-8-12(16(18)19)14(20-13)15-7-3-5-10-4-2-6-11(10)15/h8-11,17H,2-7H2,1H3/t9-,10?,11?/m0/s1. The molecule has 1 N–H and O–H groups in total. The average molecular weight is 296 g/mol. The number of thiophene rings is 1. The van der Waals surface area contributed by atoms with Gasteiger partial charge in [-0.1, -0.05) is 6.42 Å². The first kappa shape index (κ1) is 13.8. The van der Waals surface area contributed by atoms with Gasteiger partial charge in [0.25, 0.3) is 0 Å². The number of piperidine rings is 1. The van der Waals surface area contributed by atoms with E-state index in [9.17, 15) is 15.2 Å². The van der Waals surface area contributed by atoms with Crippen LogP contribution in [-0.2, 0) is 0 Å². The van der Waals surface area contributed by atoms with Crippen LogP contribution in [0, 0.1) is 16.0 Å². The van der Waals surface area contributed by atoms with Crippen LogP contribution in [0.25, 0.3) is 0 Å². The van der Waals surface area contributed by atoms with Crippen molar-refractivity contribution in [2.24, 2.45) is 5.92 Å². The van der Waals surface area contributed by atoms with Gasteiger partial charge in [0, 0.05) is 23.5 Å². The molecule has 6 heteroatoms. The summed E-state index contributed by atoms with van der Waals surface area (Å²) in [5.41, 5.74) is 0.165. The Morgan fingerprint density at radius 3 is 2.90 bits per heavy atom. The topological polar surface area (TPSA) is 66.6 Å². The Labute approximate surface area is 122 Å². The van der Waals surface area contributed by atoms with E-state index in [2.05, 4.69) is 4.90 Å². The molecule has 2 heterocycles. The molecule has 2 aliphatic rings. The van der Waals surface area contributed by atoms with Crippen LogP contribution in [0.2, 0.25) is 0 Å². The van der Waals surface area contributed by atoms with Gasteiger partial charge in [0.1, 0.15) is 0 Å². The third-order valence-corrected chi connectivity index (χ3v) is 5.91. The first-order chi connectivity index (χ1) is 9.58. The molecule has 0 bridgehead atoms. The molecule has 0 amide bonds. The van der Waals surface area contributed by atoms with Crippen LogP contribution in [0.5, 0.6) is 0 Å². The van der Waals surface area contributed by atoms with Crippen LogP contribution in [0.3, 0.4) is 0 Å².